The maximum Gasteiger partial charge on any atom is 0.353 e. The Morgan fingerprint density at radius 2 is 1.76 bits per heavy atom. The van der Waals surface area contributed by atoms with Gasteiger partial charge in [0.05, 0.1) is 11.0 Å². The van der Waals surface area contributed by atoms with E-state index in [1.54, 1.807) is 31.2 Å². The lowest BCUT2D eigenvalue weighted by atomic mass is 10.1. The van der Waals surface area contributed by atoms with Crippen LogP contribution in [-0.2, 0) is 7.05 Å². The Morgan fingerprint density at radius 3 is 2.29 bits per heavy atom. The molecule has 0 spiro atoms. The van der Waals surface area contributed by atoms with Gasteiger partial charge < -0.3 is 0 Å². The molecule has 0 aliphatic heterocycles. The molecule has 1 heterocycles. The molecule has 1 unspecified atom stereocenters. The molecule has 0 N–H and O–H groups in total. The standard InChI is InChI=1S/C14H15N3O4/c1-9(11-7-5-4-6-8-11)16-13(18)12(17(20)21)10(2)15(3)14(16)19/h4-9H,1-3H3. The Labute approximate surface area is 120 Å². The minimum Gasteiger partial charge on any atom is -0.294 e. The minimum absolute atomic E-state index is 0.0477. The van der Waals surface area contributed by atoms with E-state index in [1.807, 2.05) is 6.07 Å². The fraction of sp³-hybridized carbons (Fsp3) is 0.286. The molecule has 0 radical (unpaired) electrons. The molecule has 2 rings (SSSR count). The second-order valence-electron chi connectivity index (χ2n) is 4.79. The second kappa shape index (κ2) is 5.35. The van der Waals surface area contributed by atoms with Gasteiger partial charge in [0.15, 0.2) is 0 Å². The summed E-state index contributed by atoms with van der Waals surface area (Å²) in [5, 5.41) is 11.1. The zero-order valence-electron chi connectivity index (χ0n) is 11.9. The van der Waals surface area contributed by atoms with E-state index in [4.69, 9.17) is 0 Å². The summed E-state index contributed by atoms with van der Waals surface area (Å²) in [5.41, 5.74) is -1.24. The van der Waals surface area contributed by atoms with E-state index in [0.717, 1.165) is 14.7 Å². The van der Waals surface area contributed by atoms with Gasteiger partial charge in [0.1, 0.15) is 5.69 Å². The lowest BCUT2D eigenvalue weighted by Crippen LogP contribution is -2.42. The zero-order chi connectivity index (χ0) is 15.7. The average molecular weight is 289 g/mol. The number of hydrogen-bond donors (Lipinski definition) is 0. The van der Waals surface area contributed by atoms with Crippen molar-refractivity contribution >= 4 is 5.69 Å². The molecule has 1 atom stereocenters. The van der Waals surface area contributed by atoms with Crippen LogP contribution in [0.25, 0.3) is 0 Å². The van der Waals surface area contributed by atoms with Gasteiger partial charge in [0.25, 0.3) is 0 Å². The Balaban J connectivity index is 2.79. The first-order chi connectivity index (χ1) is 9.86. The summed E-state index contributed by atoms with van der Waals surface area (Å²) >= 11 is 0. The summed E-state index contributed by atoms with van der Waals surface area (Å²) in [5.74, 6) is 0. The van der Waals surface area contributed by atoms with Crippen LogP contribution in [0.15, 0.2) is 39.9 Å². The van der Waals surface area contributed by atoms with Crippen LogP contribution >= 0.6 is 0 Å². The van der Waals surface area contributed by atoms with E-state index in [-0.39, 0.29) is 5.69 Å². The highest BCUT2D eigenvalue weighted by atomic mass is 16.6. The Morgan fingerprint density at radius 1 is 1.19 bits per heavy atom. The highest BCUT2D eigenvalue weighted by molar-refractivity contribution is 5.33. The fourth-order valence-electron chi connectivity index (χ4n) is 2.25. The molecule has 0 saturated heterocycles. The summed E-state index contributed by atoms with van der Waals surface area (Å²) in [6.45, 7) is 3.05. The number of rotatable bonds is 3. The highest BCUT2D eigenvalue weighted by Crippen LogP contribution is 2.16. The summed E-state index contributed by atoms with van der Waals surface area (Å²) < 4.78 is 2.04. The van der Waals surface area contributed by atoms with Gasteiger partial charge in [-0.25, -0.2) is 9.36 Å². The minimum atomic E-state index is -0.878. The van der Waals surface area contributed by atoms with Gasteiger partial charge in [-0.2, -0.15) is 0 Å². The molecule has 0 bridgehead atoms. The molecular weight excluding hydrogens is 274 g/mol. The molecule has 0 fully saturated rings. The quantitative estimate of drug-likeness (QED) is 0.630. The molecule has 0 aliphatic rings. The van der Waals surface area contributed by atoms with Gasteiger partial charge in [-0.1, -0.05) is 30.3 Å². The van der Waals surface area contributed by atoms with Gasteiger partial charge in [-0.15, -0.1) is 0 Å². The first-order valence-corrected chi connectivity index (χ1v) is 6.37. The van der Waals surface area contributed by atoms with Crippen molar-refractivity contribution in [3.8, 4) is 0 Å². The molecule has 1 aromatic heterocycles. The van der Waals surface area contributed by atoms with Gasteiger partial charge in [-0.05, 0) is 19.4 Å². The van der Waals surface area contributed by atoms with Gasteiger partial charge >= 0.3 is 16.9 Å². The summed E-state index contributed by atoms with van der Waals surface area (Å²) in [4.78, 5) is 35.0. The molecule has 110 valence electrons. The molecule has 7 nitrogen and oxygen atoms in total. The molecule has 21 heavy (non-hydrogen) atoms. The first kappa shape index (κ1) is 14.7. The lowest BCUT2D eigenvalue weighted by Gasteiger charge is -2.16. The monoisotopic (exact) mass is 289 g/mol. The zero-order valence-corrected chi connectivity index (χ0v) is 11.9. The Bertz CT molecular complexity index is 805. The van der Waals surface area contributed by atoms with Crippen LogP contribution in [0.1, 0.15) is 24.2 Å². The van der Waals surface area contributed by atoms with Crippen molar-refractivity contribution in [1.29, 1.82) is 0 Å². The van der Waals surface area contributed by atoms with Crippen LogP contribution in [0.2, 0.25) is 0 Å². The third-order valence-electron chi connectivity index (χ3n) is 3.61. The largest absolute Gasteiger partial charge is 0.353 e. The number of aromatic nitrogens is 2. The van der Waals surface area contributed by atoms with Crippen molar-refractivity contribution in [2.45, 2.75) is 19.9 Å². The lowest BCUT2D eigenvalue weighted by molar-refractivity contribution is -0.387. The molecular formula is C14H15N3O4. The first-order valence-electron chi connectivity index (χ1n) is 6.37. The Kier molecular flexibility index (Phi) is 3.75. The van der Waals surface area contributed by atoms with Crippen molar-refractivity contribution in [2.24, 2.45) is 7.05 Å². The van der Waals surface area contributed by atoms with Gasteiger partial charge in [0, 0.05) is 7.05 Å². The molecule has 7 heteroatoms. The maximum atomic E-state index is 12.3. The van der Waals surface area contributed by atoms with Crippen LogP contribution in [0.5, 0.6) is 0 Å². The van der Waals surface area contributed by atoms with Crippen molar-refractivity contribution in [1.82, 2.24) is 9.13 Å². The van der Waals surface area contributed by atoms with E-state index in [0.29, 0.717) is 0 Å². The smallest absolute Gasteiger partial charge is 0.294 e. The second-order valence-corrected chi connectivity index (χ2v) is 4.79. The third kappa shape index (κ3) is 2.37. The van der Waals surface area contributed by atoms with Crippen LogP contribution < -0.4 is 11.2 Å². The molecule has 2 aromatic rings. The van der Waals surface area contributed by atoms with Crippen LogP contribution in [0, 0.1) is 17.0 Å². The van der Waals surface area contributed by atoms with Crippen molar-refractivity contribution < 1.29 is 4.92 Å². The van der Waals surface area contributed by atoms with Crippen LogP contribution in [0.3, 0.4) is 0 Å². The molecule has 1 aromatic carbocycles. The van der Waals surface area contributed by atoms with E-state index in [2.05, 4.69) is 0 Å². The molecule has 0 amide bonds. The van der Waals surface area contributed by atoms with Crippen molar-refractivity contribution in [2.75, 3.05) is 0 Å². The van der Waals surface area contributed by atoms with E-state index in [1.165, 1.54) is 14.0 Å². The van der Waals surface area contributed by atoms with Gasteiger partial charge in [-0.3, -0.25) is 19.5 Å². The molecule has 0 aliphatic carbocycles. The van der Waals surface area contributed by atoms with Crippen LogP contribution in [0.4, 0.5) is 5.69 Å². The number of nitro groups is 1. The summed E-state index contributed by atoms with van der Waals surface area (Å²) in [6.07, 6.45) is 0. The predicted molar refractivity (Wildman–Crippen MR) is 77.6 cm³/mol. The topological polar surface area (TPSA) is 87.1 Å². The Hall–Kier alpha value is -2.70. The third-order valence-corrected chi connectivity index (χ3v) is 3.61. The summed E-state index contributed by atoms with van der Waals surface area (Å²) in [7, 11) is 1.42. The van der Waals surface area contributed by atoms with E-state index < -0.39 is 27.9 Å². The van der Waals surface area contributed by atoms with Crippen LogP contribution in [-0.4, -0.2) is 14.1 Å². The highest BCUT2D eigenvalue weighted by Gasteiger charge is 2.26. The maximum absolute atomic E-state index is 12.3. The van der Waals surface area contributed by atoms with Crippen molar-refractivity contribution in [3.05, 3.63) is 72.5 Å². The number of nitrogens with zero attached hydrogens (tertiary/aromatic N) is 3. The predicted octanol–water partition coefficient (Wildman–Crippen LogP) is 1.37. The SMILES string of the molecule is Cc1c([N+](=O)[O-])c(=O)n(C(C)c2ccccc2)c(=O)n1C. The van der Waals surface area contributed by atoms with E-state index >= 15 is 0 Å². The fourth-order valence-corrected chi connectivity index (χ4v) is 2.25. The van der Waals surface area contributed by atoms with Crippen molar-refractivity contribution in [3.63, 3.8) is 0 Å². The normalized spacial score (nSPS) is 12.1. The number of benzene rings is 1. The molecule has 0 saturated carbocycles. The number of hydrogen-bond acceptors (Lipinski definition) is 4. The summed E-state index contributed by atoms with van der Waals surface area (Å²) in [6, 6.07) is 8.32. The average Bonchev–Trinajstić information content (AvgIpc) is 2.45. The van der Waals surface area contributed by atoms with Gasteiger partial charge in [0.2, 0.25) is 0 Å². The van der Waals surface area contributed by atoms with E-state index in [9.17, 15) is 19.7 Å².